The van der Waals surface area contributed by atoms with Gasteiger partial charge < -0.3 is 4.74 Å². The van der Waals surface area contributed by atoms with Crippen LogP contribution in [0.3, 0.4) is 0 Å². The summed E-state index contributed by atoms with van der Waals surface area (Å²) in [5.74, 6) is 0. The molecule has 45 valence electrons. The standard InChI is InChI=1S/C7H11O/c1-2-7(3-4-7)6-8-5-1/h2H,1,3-6H2. The Morgan fingerprint density at radius 2 is 2.25 bits per heavy atom. The molecule has 1 heteroatoms. The van der Waals surface area contributed by atoms with E-state index < -0.39 is 0 Å². The Labute approximate surface area is 50.0 Å². The molecule has 0 N–H and O–H groups in total. The van der Waals surface area contributed by atoms with Crippen molar-refractivity contribution in [1.29, 1.82) is 0 Å². The third-order valence-electron chi connectivity index (χ3n) is 2.12. The van der Waals surface area contributed by atoms with Gasteiger partial charge in [0.25, 0.3) is 0 Å². The highest BCUT2D eigenvalue weighted by Gasteiger charge is 2.43. The SMILES string of the molecule is [CH]1CCOCC12CC2. The molecule has 0 aromatic heterocycles. The molecule has 0 unspecified atom stereocenters. The number of rotatable bonds is 0. The van der Waals surface area contributed by atoms with E-state index in [9.17, 15) is 0 Å². The maximum absolute atomic E-state index is 5.32. The van der Waals surface area contributed by atoms with Crippen molar-refractivity contribution in [1.82, 2.24) is 0 Å². The van der Waals surface area contributed by atoms with Gasteiger partial charge in [0.15, 0.2) is 0 Å². The van der Waals surface area contributed by atoms with Crippen LogP contribution >= 0.6 is 0 Å². The van der Waals surface area contributed by atoms with Crippen molar-refractivity contribution < 1.29 is 4.74 Å². The molecule has 1 aliphatic carbocycles. The predicted molar refractivity (Wildman–Crippen MR) is 31.4 cm³/mol. The van der Waals surface area contributed by atoms with Crippen molar-refractivity contribution in [3.05, 3.63) is 6.42 Å². The molecule has 8 heavy (non-hydrogen) atoms. The van der Waals surface area contributed by atoms with Gasteiger partial charge in [-0.25, -0.2) is 0 Å². The van der Waals surface area contributed by atoms with Gasteiger partial charge in [-0.2, -0.15) is 0 Å². The Bertz CT molecular complexity index is 86.6. The van der Waals surface area contributed by atoms with Crippen molar-refractivity contribution in [2.75, 3.05) is 13.2 Å². The molecule has 0 aromatic rings. The summed E-state index contributed by atoms with van der Waals surface area (Å²) in [7, 11) is 0. The summed E-state index contributed by atoms with van der Waals surface area (Å²) < 4.78 is 5.32. The fourth-order valence-corrected chi connectivity index (χ4v) is 1.29. The van der Waals surface area contributed by atoms with Crippen molar-refractivity contribution in [2.24, 2.45) is 5.41 Å². The number of hydrogen-bond acceptors (Lipinski definition) is 1. The van der Waals surface area contributed by atoms with Crippen LogP contribution in [0, 0.1) is 11.8 Å². The maximum Gasteiger partial charge on any atom is 0.0525 e. The molecule has 1 saturated heterocycles. The Hall–Kier alpha value is -0.0400. The van der Waals surface area contributed by atoms with E-state index >= 15 is 0 Å². The minimum atomic E-state index is 0.582. The van der Waals surface area contributed by atoms with Gasteiger partial charge in [-0.15, -0.1) is 0 Å². The quantitative estimate of drug-likeness (QED) is 0.459. The lowest BCUT2D eigenvalue weighted by atomic mass is 10.00. The highest BCUT2D eigenvalue weighted by Crippen LogP contribution is 2.50. The van der Waals surface area contributed by atoms with Crippen LogP contribution in [0.15, 0.2) is 0 Å². The van der Waals surface area contributed by atoms with E-state index in [1.165, 1.54) is 19.3 Å². The zero-order chi connectivity index (χ0) is 5.45. The van der Waals surface area contributed by atoms with Gasteiger partial charge in [0.2, 0.25) is 0 Å². The van der Waals surface area contributed by atoms with Gasteiger partial charge in [0.05, 0.1) is 6.61 Å². The molecule has 2 aliphatic rings. The van der Waals surface area contributed by atoms with E-state index in [0.717, 1.165) is 13.2 Å². The topological polar surface area (TPSA) is 9.23 Å². The van der Waals surface area contributed by atoms with E-state index in [1.54, 1.807) is 0 Å². The highest BCUT2D eigenvalue weighted by atomic mass is 16.5. The molecule has 0 amide bonds. The fraction of sp³-hybridized carbons (Fsp3) is 0.857. The molecule has 1 spiro atoms. The van der Waals surface area contributed by atoms with E-state index in [2.05, 4.69) is 6.42 Å². The fourth-order valence-electron chi connectivity index (χ4n) is 1.29. The van der Waals surface area contributed by atoms with Crippen molar-refractivity contribution in [3.63, 3.8) is 0 Å². The average molecular weight is 111 g/mol. The maximum atomic E-state index is 5.32. The minimum Gasteiger partial charge on any atom is -0.381 e. The average Bonchev–Trinajstić information content (AvgIpc) is 2.52. The molecule has 2 fully saturated rings. The van der Waals surface area contributed by atoms with Crippen LogP contribution in [0.25, 0.3) is 0 Å². The van der Waals surface area contributed by atoms with E-state index in [1.807, 2.05) is 0 Å². The zero-order valence-electron chi connectivity index (χ0n) is 5.02. The molecule has 1 heterocycles. The Morgan fingerprint density at radius 1 is 1.38 bits per heavy atom. The van der Waals surface area contributed by atoms with Gasteiger partial charge in [-0.05, 0) is 31.1 Å². The second-order valence-electron chi connectivity index (χ2n) is 2.91. The van der Waals surface area contributed by atoms with Crippen LogP contribution in [0.5, 0.6) is 0 Å². The van der Waals surface area contributed by atoms with Crippen molar-refractivity contribution >= 4 is 0 Å². The van der Waals surface area contributed by atoms with Gasteiger partial charge in [0.1, 0.15) is 0 Å². The number of ether oxygens (including phenoxy) is 1. The molecule has 1 nitrogen and oxygen atoms in total. The molecule has 1 radical (unpaired) electrons. The van der Waals surface area contributed by atoms with Gasteiger partial charge in [-0.3, -0.25) is 0 Å². The van der Waals surface area contributed by atoms with Crippen LogP contribution in [0.2, 0.25) is 0 Å². The molecule has 1 saturated carbocycles. The first-order valence-electron chi connectivity index (χ1n) is 3.33. The number of hydrogen-bond donors (Lipinski definition) is 0. The van der Waals surface area contributed by atoms with E-state index in [4.69, 9.17) is 4.74 Å². The normalized spacial score (nSPS) is 33.0. The lowest BCUT2D eigenvalue weighted by Crippen LogP contribution is -2.18. The monoisotopic (exact) mass is 111 g/mol. The zero-order valence-corrected chi connectivity index (χ0v) is 5.02. The van der Waals surface area contributed by atoms with Crippen molar-refractivity contribution in [2.45, 2.75) is 19.3 Å². The van der Waals surface area contributed by atoms with E-state index in [0.29, 0.717) is 5.41 Å². The predicted octanol–water partition coefficient (Wildman–Crippen LogP) is 1.39. The van der Waals surface area contributed by atoms with Crippen LogP contribution in [-0.4, -0.2) is 13.2 Å². The molecule has 1 aliphatic heterocycles. The molecule has 0 atom stereocenters. The summed E-state index contributed by atoms with van der Waals surface area (Å²) in [4.78, 5) is 0. The summed E-state index contributed by atoms with van der Waals surface area (Å²) in [6.45, 7) is 1.97. The van der Waals surface area contributed by atoms with Crippen LogP contribution < -0.4 is 0 Å². The Balaban J connectivity index is 1.95. The molecule has 2 rings (SSSR count). The molecular weight excluding hydrogens is 100 g/mol. The molecular formula is C7H11O. The lowest BCUT2D eigenvalue weighted by Gasteiger charge is -2.19. The first-order valence-corrected chi connectivity index (χ1v) is 3.33. The third-order valence-corrected chi connectivity index (χ3v) is 2.12. The highest BCUT2D eigenvalue weighted by molar-refractivity contribution is 5.05. The first kappa shape index (κ1) is 4.80. The van der Waals surface area contributed by atoms with Crippen LogP contribution in [-0.2, 0) is 4.74 Å². The second kappa shape index (κ2) is 1.47. The Kier molecular flexibility index (Phi) is 0.884. The molecule has 0 aromatic carbocycles. The largest absolute Gasteiger partial charge is 0.381 e. The summed E-state index contributed by atoms with van der Waals surface area (Å²) in [6, 6.07) is 0. The smallest absolute Gasteiger partial charge is 0.0525 e. The summed E-state index contributed by atoms with van der Waals surface area (Å²) in [5.41, 5.74) is 0.582. The minimum absolute atomic E-state index is 0.582. The van der Waals surface area contributed by atoms with Gasteiger partial charge in [0, 0.05) is 6.61 Å². The van der Waals surface area contributed by atoms with E-state index in [-0.39, 0.29) is 0 Å². The molecule has 0 bridgehead atoms. The van der Waals surface area contributed by atoms with Crippen LogP contribution in [0.4, 0.5) is 0 Å². The lowest BCUT2D eigenvalue weighted by molar-refractivity contribution is 0.0724. The Morgan fingerprint density at radius 3 is 2.62 bits per heavy atom. The first-order chi connectivity index (χ1) is 3.91. The summed E-state index contributed by atoms with van der Waals surface area (Å²) in [5, 5.41) is 0. The summed E-state index contributed by atoms with van der Waals surface area (Å²) >= 11 is 0. The second-order valence-corrected chi connectivity index (χ2v) is 2.91. The van der Waals surface area contributed by atoms with Gasteiger partial charge >= 0.3 is 0 Å². The van der Waals surface area contributed by atoms with Crippen LogP contribution in [0.1, 0.15) is 19.3 Å². The van der Waals surface area contributed by atoms with Gasteiger partial charge in [-0.1, -0.05) is 0 Å². The summed E-state index contributed by atoms with van der Waals surface area (Å²) in [6.07, 6.45) is 6.39. The van der Waals surface area contributed by atoms with Crippen molar-refractivity contribution in [3.8, 4) is 0 Å². The third kappa shape index (κ3) is 0.655.